The second-order valence-electron chi connectivity index (χ2n) is 5.01. The molecule has 0 aliphatic heterocycles. The highest BCUT2D eigenvalue weighted by atomic mass is 35.5. The second-order valence-corrected chi connectivity index (χ2v) is 5.86. The molecule has 0 spiro atoms. The molecule has 4 heterocycles. The van der Waals surface area contributed by atoms with E-state index in [9.17, 15) is 0 Å². The van der Waals surface area contributed by atoms with E-state index in [0.717, 1.165) is 17.2 Å². The van der Waals surface area contributed by atoms with Gasteiger partial charge >= 0.3 is 0 Å². The van der Waals surface area contributed by atoms with Crippen LogP contribution >= 0.6 is 23.2 Å². The summed E-state index contributed by atoms with van der Waals surface area (Å²) < 4.78 is 3.17. The van der Waals surface area contributed by atoms with Gasteiger partial charge in [-0.15, -0.1) is 0 Å². The maximum Gasteiger partial charge on any atom is 0.254 e. The van der Waals surface area contributed by atoms with E-state index in [4.69, 9.17) is 23.2 Å². The lowest BCUT2D eigenvalue weighted by molar-refractivity contribution is 0.847. The van der Waals surface area contributed by atoms with E-state index < -0.39 is 0 Å². The lowest BCUT2D eigenvalue weighted by atomic mass is 10.4. The van der Waals surface area contributed by atoms with Gasteiger partial charge in [0, 0.05) is 18.0 Å². The van der Waals surface area contributed by atoms with Crippen molar-refractivity contribution in [1.29, 1.82) is 0 Å². The van der Waals surface area contributed by atoms with Gasteiger partial charge in [-0.1, -0.05) is 23.2 Å². The minimum atomic E-state index is 0.413. The van der Waals surface area contributed by atoms with Gasteiger partial charge in [-0.05, 0) is 13.0 Å². The fourth-order valence-corrected chi connectivity index (χ4v) is 2.71. The Bertz CT molecular complexity index is 1040. The van der Waals surface area contributed by atoms with Crippen LogP contribution in [0.3, 0.4) is 0 Å². The molecule has 0 saturated carbocycles. The van der Waals surface area contributed by atoms with Crippen LogP contribution in [0.25, 0.3) is 11.6 Å². The molecule has 0 saturated heterocycles. The normalized spacial score (nSPS) is 11.1. The first-order valence-electron chi connectivity index (χ1n) is 6.90. The molecular formula is C14H10Cl2N8. The number of pyridine rings is 1. The van der Waals surface area contributed by atoms with Crippen LogP contribution in [0.4, 0.5) is 11.5 Å². The van der Waals surface area contributed by atoms with Crippen molar-refractivity contribution in [2.24, 2.45) is 0 Å². The number of aryl methyl sites for hydroxylation is 1. The summed E-state index contributed by atoms with van der Waals surface area (Å²) in [7, 11) is 0. The molecule has 0 unspecified atom stereocenters. The molecule has 1 N–H and O–H groups in total. The highest BCUT2D eigenvalue weighted by Gasteiger charge is 2.10. The number of rotatable bonds is 3. The third kappa shape index (κ3) is 2.66. The van der Waals surface area contributed by atoms with Crippen molar-refractivity contribution in [3.05, 3.63) is 52.8 Å². The molecule has 0 atom stereocenters. The highest BCUT2D eigenvalue weighted by Crippen LogP contribution is 2.23. The molecule has 0 bridgehead atoms. The number of nitrogens with one attached hydrogen (secondary N) is 1. The summed E-state index contributed by atoms with van der Waals surface area (Å²) in [6.07, 6.45) is 6.39. The van der Waals surface area contributed by atoms with Gasteiger partial charge in [-0.3, -0.25) is 0 Å². The highest BCUT2D eigenvalue weighted by molar-refractivity contribution is 6.35. The zero-order valence-electron chi connectivity index (χ0n) is 12.4. The van der Waals surface area contributed by atoms with Crippen molar-refractivity contribution in [3.8, 4) is 5.82 Å². The van der Waals surface area contributed by atoms with Crippen LogP contribution in [0, 0.1) is 6.92 Å². The average Bonchev–Trinajstić information content (AvgIpc) is 3.16. The van der Waals surface area contributed by atoms with Gasteiger partial charge in [0.05, 0.1) is 28.1 Å². The van der Waals surface area contributed by atoms with Crippen LogP contribution < -0.4 is 5.32 Å². The lowest BCUT2D eigenvalue weighted by Crippen LogP contribution is -2.02. The standard InChI is InChI=1S/C14H10Cl2N8/c1-8-2-12(24-14(21-8)18-7-20-24)22-10-5-19-23(6-10)13-11(16)3-9(15)4-17-13/h2-7,22H,1H3. The number of halogens is 2. The summed E-state index contributed by atoms with van der Waals surface area (Å²) in [6.45, 7) is 1.89. The number of hydrogen-bond donors (Lipinski definition) is 1. The molecule has 0 aliphatic carbocycles. The van der Waals surface area contributed by atoms with Crippen molar-refractivity contribution in [1.82, 2.24) is 34.3 Å². The summed E-state index contributed by atoms with van der Waals surface area (Å²) in [4.78, 5) is 12.6. The molecule has 10 heteroatoms. The predicted molar refractivity (Wildman–Crippen MR) is 90.2 cm³/mol. The van der Waals surface area contributed by atoms with E-state index in [2.05, 4.69) is 30.5 Å². The fraction of sp³-hybridized carbons (Fsp3) is 0.0714. The Balaban J connectivity index is 1.69. The quantitative estimate of drug-likeness (QED) is 0.604. The smallest absolute Gasteiger partial charge is 0.254 e. The molecule has 0 aliphatic rings. The van der Waals surface area contributed by atoms with E-state index in [1.54, 1.807) is 27.7 Å². The van der Waals surface area contributed by atoms with Crippen molar-refractivity contribution >= 4 is 40.5 Å². The topological polar surface area (TPSA) is 85.8 Å². The van der Waals surface area contributed by atoms with Crippen molar-refractivity contribution in [2.45, 2.75) is 6.92 Å². The van der Waals surface area contributed by atoms with Crippen molar-refractivity contribution in [3.63, 3.8) is 0 Å². The van der Waals surface area contributed by atoms with E-state index in [0.29, 0.717) is 21.6 Å². The summed E-state index contributed by atoms with van der Waals surface area (Å²) in [5.74, 6) is 1.74. The van der Waals surface area contributed by atoms with Crippen LogP contribution in [0.5, 0.6) is 0 Å². The Morgan fingerprint density at radius 2 is 1.96 bits per heavy atom. The van der Waals surface area contributed by atoms with Gasteiger partial charge in [0.15, 0.2) is 5.82 Å². The maximum atomic E-state index is 6.16. The first-order chi connectivity index (χ1) is 11.6. The molecule has 0 radical (unpaired) electrons. The van der Waals surface area contributed by atoms with Gasteiger partial charge in [0.2, 0.25) is 0 Å². The number of hydrogen-bond acceptors (Lipinski definition) is 6. The molecule has 0 amide bonds. The maximum absolute atomic E-state index is 6.16. The second kappa shape index (κ2) is 5.73. The lowest BCUT2D eigenvalue weighted by Gasteiger charge is -2.06. The minimum Gasteiger partial charge on any atom is -0.337 e. The van der Waals surface area contributed by atoms with Crippen LogP contribution in [0.15, 0.2) is 37.1 Å². The Morgan fingerprint density at radius 3 is 2.79 bits per heavy atom. The average molecular weight is 361 g/mol. The Morgan fingerprint density at radius 1 is 1.08 bits per heavy atom. The molecule has 4 rings (SSSR count). The molecule has 8 nitrogen and oxygen atoms in total. The third-order valence-corrected chi connectivity index (χ3v) is 3.73. The van der Waals surface area contributed by atoms with Crippen molar-refractivity contribution < 1.29 is 0 Å². The first-order valence-corrected chi connectivity index (χ1v) is 7.66. The summed E-state index contributed by atoms with van der Waals surface area (Å²) in [5.41, 5.74) is 1.57. The van der Waals surface area contributed by atoms with Crippen LogP contribution in [-0.2, 0) is 0 Å². The Hall–Kier alpha value is -2.71. The SMILES string of the molecule is Cc1cc(Nc2cnn(-c3ncc(Cl)cc3Cl)c2)n2ncnc2n1. The molecule has 120 valence electrons. The molecular weight excluding hydrogens is 351 g/mol. The zero-order chi connectivity index (χ0) is 16.7. The largest absolute Gasteiger partial charge is 0.337 e. The van der Waals surface area contributed by atoms with Crippen LogP contribution in [0.2, 0.25) is 10.0 Å². The minimum absolute atomic E-state index is 0.413. The number of anilines is 2. The molecule has 4 aromatic heterocycles. The van der Waals surface area contributed by atoms with Gasteiger partial charge < -0.3 is 5.32 Å². The third-order valence-electron chi connectivity index (χ3n) is 3.24. The molecule has 0 fully saturated rings. The van der Waals surface area contributed by atoms with E-state index in [1.165, 1.54) is 12.5 Å². The Kier molecular flexibility index (Phi) is 3.55. The van der Waals surface area contributed by atoms with Gasteiger partial charge in [-0.2, -0.15) is 19.7 Å². The molecule has 4 aromatic rings. The van der Waals surface area contributed by atoms with E-state index in [-0.39, 0.29) is 0 Å². The monoisotopic (exact) mass is 360 g/mol. The number of fused-ring (bicyclic) bond motifs is 1. The summed E-state index contributed by atoms with van der Waals surface area (Å²) in [6, 6.07) is 3.48. The zero-order valence-corrected chi connectivity index (χ0v) is 13.9. The van der Waals surface area contributed by atoms with Crippen LogP contribution in [0.1, 0.15) is 5.69 Å². The summed E-state index contributed by atoms with van der Waals surface area (Å²) >= 11 is 12.0. The number of nitrogens with zero attached hydrogens (tertiary/aromatic N) is 7. The van der Waals surface area contributed by atoms with Crippen molar-refractivity contribution in [2.75, 3.05) is 5.32 Å². The van der Waals surface area contributed by atoms with E-state index >= 15 is 0 Å². The van der Waals surface area contributed by atoms with E-state index in [1.807, 2.05) is 13.0 Å². The van der Waals surface area contributed by atoms with Gasteiger partial charge in [-0.25, -0.2) is 14.6 Å². The molecule has 0 aromatic carbocycles. The molecule has 24 heavy (non-hydrogen) atoms. The van der Waals surface area contributed by atoms with Gasteiger partial charge in [0.25, 0.3) is 5.78 Å². The fourth-order valence-electron chi connectivity index (χ4n) is 2.25. The van der Waals surface area contributed by atoms with Gasteiger partial charge in [0.1, 0.15) is 12.1 Å². The van der Waals surface area contributed by atoms with Crippen LogP contribution in [-0.4, -0.2) is 34.3 Å². The number of aromatic nitrogens is 7. The summed E-state index contributed by atoms with van der Waals surface area (Å²) in [5, 5.41) is 12.5. The predicted octanol–water partition coefficient (Wildman–Crippen LogP) is 3.06. The first kappa shape index (κ1) is 14.9. The Labute approximate surface area is 146 Å².